The second-order valence-corrected chi connectivity index (χ2v) is 6.36. The zero-order valence-corrected chi connectivity index (χ0v) is 15.9. The number of carbonyl (C=O) groups is 2. The van der Waals surface area contributed by atoms with E-state index in [9.17, 15) is 9.59 Å². The third-order valence-corrected chi connectivity index (χ3v) is 4.31. The lowest BCUT2D eigenvalue weighted by Gasteiger charge is -2.20. The molecule has 0 aliphatic rings. The molecule has 28 heavy (non-hydrogen) atoms. The molecule has 0 saturated carbocycles. The van der Waals surface area contributed by atoms with Crippen LogP contribution in [0.2, 0.25) is 0 Å². The second-order valence-electron chi connectivity index (χ2n) is 6.36. The van der Waals surface area contributed by atoms with E-state index in [1.54, 1.807) is 23.1 Å². The lowest BCUT2D eigenvalue weighted by molar-refractivity contribution is 0.0751. The van der Waals surface area contributed by atoms with Crippen LogP contribution in [0.15, 0.2) is 67.0 Å². The number of amides is 1. The minimum absolute atomic E-state index is 0.0106. The number of aromatic nitrogens is 2. The van der Waals surface area contributed by atoms with Crippen molar-refractivity contribution < 1.29 is 9.59 Å². The molecular formula is C22H22N4O2. The number of rotatable bonds is 7. The Bertz CT molecular complexity index is 956. The summed E-state index contributed by atoms with van der Waals surface area (Å²) in [5.74, 6) is 0.239. The van der Waals surface area contributed by atoms with E-state index in [2.05, 4.69) is 15.3 Å². The van der Waals surface area contributed by atoms with Gasteiger partial charge in [0.25, 0.3) is 5.91 Å². The first-order valence-electron chi connectivity index (χ1n) is 9.10. The highest BCUT2D eigenvalue weighted by molar-refractivity contribution is 5.95. The molecule has 0 aliphatic carbocycles. The van der Waals surface area contributed by atoms with E-state index in [4.69, 9.17) is 0 Å². The first-order chi connectivity index (χ1) is 13.6. The quantitative estimate of drug-likeness (QED) is 0.631. The number of ketones is 1. The SMILES string of the molecule is CCN(Cc1ccccc1)C(=O)c1cnc(Nc2cccc(C(C)=O)c2)nc1. The van der Waals surface area contributed by atoms with Gasteiger partial charge in [0, 0.05) is 36.7 Å². The summed E-state index contributed by atoms with van der Waals surface area (Å²) in [6.07, 6.45) is 3.03. The van der Waals surface area contributed by atoms with Gasteiger partial charge in [0.1, 0.15) is 0 Å². The van der Waals surface area contributed by atoms with Crippen LogP contribution >= 0.6 is 0 Å². The molecule has 1 heterocycles. The molecule has 1 aromatic heterocycles. The molecule has 0 radical (unpaired) electrons. The van der Waals surface area contributed by atoms with Gasteiger partial charge in [-0.05, 0) is 31.5 Å². The van der Waals surface area contributed by atoms with E-state index in [0.29, 0.717) is 35.9 Å². The summed E-state index contributed by atoms with van der Waals surface area (Å²) in [6, 6.07) is 17.0. The predicted octanol–water partition coefficient (Wildman–Crippen LogP) is 4.09. The average Bonchev–Trinajstić information content (AvgIpc) is 2.73. The van der Waals surface area contributed by atoms with Crippen LogP contribution in [0.25, 0.3) is 0 Å². The standard InChI is InChI=1S/C22H22N4O2/c1-3-26(15-17-8-5-4-6-9-17)21(28)19-13-23-22(24-14-19)25-20-11-7-10-18(12-20)16(2)27/h4-14H,3,15H2,1-2H3,(H,23,24,25). The van der Waals surface area contributed by atoms with Gasteiger partial charge in [-0.2, -0.15) is 0 Å². The highest BCUT2D eigenvalue weighted by Gasteiger charge is 2.15. The van der Waals surface area contributed by atoms with E-state index in [1.807, 2.05) is 43.3 Å². The number of carbonyl (C=O) groups excluding carboxylic acids is 2. The van der Waals surface area contributed by atoms with Crippen LogP contribution in [-0.4, -0.2) is 33.1 Å². The molecule has 1 N–H and O–H groups in total. The summed E-state index contributed by atoms with van der Waals surface area (Å²) < 4.78 is 0. The van der Waals surface area contributed by atoms with Crippen molar-refractivity contribution in [2.75, 3.05) is 11.9 Å². The Morgan fingerprint density at radius 3 is 2.32 bits per heavy atom. The van der Waals surface area contributed by atoms with E-state index in [-0.39, 0.29) is 11.7 Å². The van der Waals surface area contributed by atoms with Gasteiger partial charge in [-0.1, -0.05) is 42.5 Å². The molecule has 3 aromatic rings. The summed E-state index contributed by atoms with van der Waals surface area (Å²) in [6.45, 7) is 4.59. The fraction of sp³-hybridized carbons (Fsp3) is 0.182. The Balaban J connectivity index is 1.70. The van der Waals surface area contributed by atoms with E-state index >= 15 is 0 Å². The van der Waals surface area contributed by atoms with E-state index in [0.717, 1.165) is 5.56 Å². The lowest BCUT2D eigenvalue weighted by atomic mass is 10.1. The highest BCUT2D eigenvalue weighted by atomic mass is 16.2. The maximum atomic E-state index is 12.8. The summed E-state index contributed by atoms with van der Waals surface area (Å²) in [5.41, 5.74) is 2.82. The van der Waals surface area contributed by atoms with Crippen molar-refractivity contribution in [3.8, 4) is 0 Å². The van der Waals surface area contributed by atoms with Crippen molar-refractivity contribution in [3.05, 3.63) is 83.7 Å². The second kappa shape index (κ2) is 8.90. The molecule has 0 spiro atoms. The van der Waals surface area contributed by atoms with Crippen LogP contribution in [0.3, 0.4) is 0 Å². The highest BCUT2D eigenvalue weighted by Crippen LogP contribution is 2.16. The van der Waals surface area contributed by atoms with Crippen LogP contribution in [0, 0.1) is 0 Å². The van der Waals surface area contributed by atoms with Crippen LogP contribution in [0.5, 0.6) is 0 Å². The molecule has 142 valence electrons. The fourth-order valence-corrected chi connectivity index (χ4v) is 2.76. The largest absolute Gasteiger partial charge is 0.335 e. The summed E-state index contributed by atoms with van der Waals surface area (Å²) >= 11 is 0. The number of nitrogens with zero attached hydrogens (tertiary/aromatic N) is 3. The minimum Gasteiger partial charge on any atom is -0.335 e. The molecule has 3 rings (SSSR count). The number of Topliss-reactive ketones (excluding diaryl/α,β-unsaturated/α-hetero) is 1. The average molecular weight is 374 g/mol. The predicted molar refractivity (Wildman–Crippen MR) is 109 cm³/mol. The molecule has 0 saturated heterocycles. The molecule has 0 unspecified atom stereocenters. The number of nitrogens with one attached hydrogen (secondary N) is 1. The van der Waals surface area contributed by atoms with Gasteiger partial charge < -0.3 is 10.2 Å². The first-order valence-corrected chi connectivity index (χ1v) is 9.10. The lowest BCUT2D eigenvalue weighted by Crippen LogP contribution is -2.30. The first kappa shape index (κ1) is 19.2. The zero-order valence-electron chi connectivity index (χ0n) is 15.9. The molecule has 0 fully saturated rings. The molecule has 1 amide bonds. The van der Waals surface area contributed by atoms with Crippen molar-refractivity contribution in [1.82, 2.24) is 14.9 Å². The normalized spacial score (nSPS) is 10.4. The smallest absolute Gasteiger partial charge is 0.257 e. The van der Waals surface area contributed by atoms with E-state index in [1.165, 1.54) is 19.3 Å². The Kier molecular flexibility index (Phi) is 6.11. The van der Waals surface area contributed by atoms with Gasteiger partial charge in [-0.15, -0.1) is 0 Å². The van der Waals surface area contributed by atoms with Crippen molar-refractivity contribution in [2.24, 2.45) is 0 Å². The molecular weight excluding hydrogens is 352 g/mol. The monoisotopic (exact) mass is 374 g/mol. The zero-order chi connectivity index (χ0) is 19.9. The van der Waals surface area contributed by atoms with Crippen LogP contribution < -0.4 is 5.32 Å². The Hall–Kier alpha value is -3.54. The minimum atomic E-state index is -0.114. The molecule has 2 aromatic carbocycles. The molecule has 6 heteroatoms. The maximum absolute atomic E-state index is 12.8. The number of hydrogen-bond donors (Lipinski definition) is 1. The Morgan fingerprint density at radius 1 is 0.964 bits per heavy atom. The molecule has 6 nitrogen and oxygen atoms in total. The molecule has 0 bridgehead atoms. The number of anilines is 2. The van der Waals surface area contributed by atoms with E-state index < -0.39 is 0 Å². The molecule has 0 atom stereocenters. The Morgan fingerprint density at radius 2 is 1.68 bits per heavy atom. The number of hydrogen-bond acceptors (Lipinski definition) is 5. The van der Waals surface area contributed by atoms with Crippen molar-refractivity contribution in [3.63, 3.8) is 0 Å². The van der Waals surface area contributed by atoms with Gasteiger partial charge in [-0.3, -0.25) is 9.59 Å². The van der Waals surface area contributed by atoms with Crippen molar-refractivity contribution in [1.29, 1.82) is 0 Å². The van der Waals surface area contributed by atoms with Crippen molar-refractivity contribution in [2.45, 2.75) is 20.4 Å². The third kappa shape index (κ3) is 4.79. The summed E-state index contributed by atoms with van der Waals surface area (Å²) in [7, 11) is 0. The van der Waals surface area contributed by atoms with Gasteiger partial charge in [-0.25, -0.2) is 9.97 Å². The summed E-state index contributed by atoms with van der Waals surface area (Å²) in [5, 5.41) is 3.05. The summed E-state index contributed by atoms with van der Waals surface area (Å²) in [4.78, 5) is 34.5. The van der Waals surface area contributed by atoms with Crippen LogP contribution in [0.4, 0.5) is 11.6 Å². The van der Waals surface area contributed by atoms with Crippen molar-refractivity contribution >= 4 is 23.3 Å². The fourth-order valence-electron chi connectivity index (χ4n) is 2.76. The van der Waals surface area contributed by atoms with Crippen LogP contribution in [-0.2, 0) is 6.54 Å². The third-order valence-electron chi connectivity index (χ3n) is 4.31. The maximum Gasteiger partial charge on any atom is 0.257 e. The number of benzene rings is 2. The van der Waals surface area contributed by atoms with Crippen LogP contribution in [0.1, 0.15) is 40.1 Å². The van der Waals surface area contributed by atoms with Gasteiger partial charge >= 0.3 is 0 Å². The molecule has 0 aliphatic heterocycles. The van der Waals surface area contributed by atoms with Gasteiger partial charge in [0.15, 0.2) is 5.78 Å². The van der Waals surface area contributed by atoms with Gasteiger partial charge in [0.05, 0.1) is 5.56 Å². The van der Waals surface area contributed by atoms with Gasteiger partial charge in [0.2, 0.25) is 5.95 Å². The topological polar surface area (TPSA) is 75.2 Å². The Labute approximate surface area is 164 Å².